The molecule has 6 heteroatoms. The number of carbonyl (C=O) groups is 2. The van der Waals surface area contributed by atoms with Crippen molar-refractivity contribution in [2.24, 2.45) is 5.73 Å². The third-order valence-corrected chi connectivity index (χ3v) is 2.41. The second kappa shape index (κ2) is 4.73. The first-order chi connectivity index (χ1) is 6.61. The highest BCUT2D eigenvalue weighted by Crippen LogP contribution is 2.07. The maximum absolute atomic E-state index is 11.3. The molecule has 0 aliphatic rings. The lowest BCUT2D eigenvalue weighted by Gasteiger charge is -2.06. The molecule has 4 N–H and O–H groups in total. The van der Waals surface area contributed by atoms with Gasteiger partial charge < -0.3 is 16.2 Å². The Balaban J connectivity index is 2.40. The molecule has 1 unspecified atom stereocenters. The fourth-order valence-electron chi connectivity index (χ4n) is 0.785. The van der Waals surface area contributed by atoms with Crippen molar-refractivity contribution in [2.75, 3.05) is 6.54 Å². The van der Waals surface area contributed by atoms with E-state index in [9.17, 15) is 9.59 Å². The summed E-state index contributed by atoms with van der Waals surface area (Å²) in [6, 6.07) is 2.35. The van der Waals surface area contributed by atoms with Crippen LogP contribution in [0.25, 0.3) is 0 Å². The van der Waals surface area contributed by atoms with Gasteiger partial charge in [-0.3, -0.25) is 9.59 Å². The van der Waals surface area contributed by atoms with Gasteiger partial charge in [-0.15, -0.1) is 11.3 Å². The van der Waals surface area contributed by atoms with Crippen LogP contribution in [0.3, 0.4) is 0 Å². The van der Waals surface area contributed by atoms with Crippen LogP contribution in [0.5, 0.6) is 0 Å². The van der Waals surface area contributed by atoms with Gasteiger partial charge in [-0.05, 0) is 11.4 Å². The van der Waals surface area contributed by atoms with E-state index in [1.165, 1.54) is 11.3 Å². The van der Waals surface area contributed by atoms with Gasteiger partial charge in [-0.2, -0.15) is 0 Å². The Morgan fingerprint density at radius 2 is 2.36 bits per heavy atom. The molecule has 0 aliphatic heterocycles. The Hall–Kier alpha value is -1.40. The number of nitrogens with two attached hydrogens (primary N) is 1. The van der Waals surface area contributed by atoms with Crippen LogP contribution in [-0.4, -0.2) is 29.6 Å². The molecule has 1 heterocycles. The van der Waals surface area contributed by atoms with Crippen molar-refractivity contribution in [1.29, 1.82) is 0 Å². The number of carbonyl (C=O) groups excluding carboxylic acids is 1. The molecule has 1 atom stereocenters. The Morgan fingerprint density at radius 1 is 1.64 bits per heavy atom. The molecule has 1 aromatic heterocycles. The summed E-state index contributed by atoms with van der Waals surface area (Å²) in [6.07, 6.45) is 0. The zero-order chi connectivity index (χ0) is 10.6. The number of carboxylic acids is 1. The van der Waals surface area contributed by atoms with Gasteiger partial charge in [0.05, 0.1) is 4.88 Å². The summed E-state index contributed by atoms with van der Waals surface area (Å²) in [5.41, 5.74) is 5.21. The van der Waals surface area contributed by atoms with Gasteiger partial charge >= 0.3 is 5.97 Å². The number of amides is 1. The Morgan fingerprint density at radius 3 is 2.86 bits per heavy atom. The molecule has 0 spiro atoms. The van der Waals surface area contributed by atoms with E-state index in [-0.39, 0.29) is 12.5 Å². The topological polar surface area (TPSA) is 92.4 Å². The number of nitrogens with one attached hydrogen (secondary N) is 1. The van der Waals surface area contributed by atoms with E-state index in [0.717, 1.165) is 0 Å². The normalized spacial score (nSPS) is 12.1. The summed E-state index contributed by atoms with van der Waals surface area (Å²) in [4.78, 5) is 22.2. The molecule has 0 saturated carbocycles. The lowest BCUT2D eigenvalue weighted by Crippen LogP contribution is -2.42. The fraction of sp³-hybridized carbons (Fsp3) is 0.250. The van der Waals surface area contributed by atoms with Crippen molar-refractivity contribution in [3.63, 3.8) is 0 Å². The smallest absolute Gasteiger partial charge is 0.322 e. The minimum atomic E-state index is -1.13. The summed E-state index contributed by atoms with van der Waals surface area (Å²) >= 11 is 1.29. The highest BCUT2D eigenvalue weighted by Gasteiger charge is 2.13. The maximum Gasteiger partial charge on any atom is 0.322 e. The van der Waals surface area contributed by atoms with Gasteiger partial charge in [0.25, 0.3) is 5.91 Å². The fourth-order valence-corrected chi connectivity index (χ4v) is 1.42. The van der Waals surface area contributed by atoms with Crippen molar-refractivity contribution < 1.29 is 14.7 Å². The van der Waals surface area contributed by atoms with Crippen molar-refractivity contribution >= 4 is 23.2 Å². The van der Waals surface area contributed by atoms with Gasteiger partial charge in [0.2, 0.25) is 0 Å². The van der Waals surface area contributed by atoms with Crippen LogP contribution in [0, 0.1) is 0 Å². The number of thiophene rings is 1. The first-order valence-electron chi connectivity index (χ1n) is 3.91. The molecule has 76 valence electrons. The maximum atomic E-state index is 11.3. The van der Waals surface area contributed by atoms with Gasteiger partial charge in [0.15, 0.2) is 0 Å². The molecule has 0 aromatic carbocycles. The van der Waals surface area contributed by atoms with Crippen LogP contribution in [0.4, 0.5) is 0 Å². The van der Waals surface area contributed by atoms with Crippen molar-refractivity contribution in [3.05, 3.63) is 22.4 Å². The van der Waals surface area contributed by atoms with E-state index >= 15 is 0 Å². The average Bonchev–Trinajstić information content (AvgIpc) is 2.66. The molecule has 1 aromatic rings. The van der Waals surface area contributed by atoms with E-state index in [1.807, 2.05) is 0 Å². The number of hydrogen-bond donors (Lipinski definition) is 3. The van der Waals surface area contributed by atoms with E-state index in [2.05, 4.69) is 5.32 Å². The van der Waals surface area contributed by atoms with Gasteiger partial charge in [-0.25, -0.2) is 0 Å². The molecule has 0 aliphatic carbocycles. The zero-order valence-electron chi connectivity index (χ0n) is 7.27. The summed E-state index contributed by atoms with van der Waals surface area (Å²) in [7, 11) is 0. The Labute approximate surface area is 84.5 Å². The number of carboxylic acid groups (broad SMARTS) is 1. The lowest BCUT2D eigenvalue weighted by molar-refractivity contribution is -0.138. The van der Waals surface area contributed by atoms with Crippen LogP contribution in [-0.2, 0) is 4.79 Å². The van der Waals surface area contributed by atoms with Crippen LogP contribution in [0.15, 0.2) is 17.5 Å². The van der Waals surface area contributed by atoms with E-state index in [0.29, 0.717) is 4.88 Å². The van der Waals surface area contributed by atoms with Crippen molar-refractivity contribution in [2.45, 2.75) is 6.04 Å². The van der Waals surface area contributed by atoms with Crippen LogP contribution < -0.4 is 11.1 Å². The number of hydrogen-bond acceptors (Lipinski definition) is 4. The minimum absolute atomic E-state index is 0.0634. The largest absolute Gasteiger partial charge is 0.480 e. The number of aliphatic carboxylic acids is 1. The predicted molar refractivity (Wildman–Crippen MR) is 52.3 cm³/mol. The quantitative estimate of drug-likeness (QED) is 0.652. The molecular weight excluding hydrogens is 204 g/mol. The monoisotopic (exact) mass is 214 g/mol. The zero-order valence-corrected chi connectivity index (χ0v) is 8.08. The van der Waals surface area contributed by atoms with Gasteiger partial charge in [0, 0.05) is 6.54 Å². The number of rotatable bonds is 4. The lowest BCUT2D eigenvalue weighted by atomic mass is 10.3. The van der Waals surface area contributed by atoms with Gasteiger partial charge in [-0.1, -0.05) is 6.07 Å². The molecule has 14 heavy (non-hydrogen) atoms. The first-order valence-corrected chi connectivity index (χ1v) is 4.79. The molecular formula is C8H10N2O3S. The predicted octanol–water partition coefficient (Wildman–Crippen LogP) is -0.110. The SMILES string of the molecule is NC(CNC(=O)c1cccs1)C(=O)O. The second-order valence-corrected chi connectivity index (χ2v) is 3.58. The van der Waals surface area contributed by atoms with Crippen LogP contribution in [0.2, 0.25) is 0 Å². The summed E-state index contributed by atoms with van der Waals surface area (Å²) < 4.78 is 0. The highest BCUT2D eigenvalue weighted by molar-refractivity contribution is 7.12. The average molecular weight is 214 g/mol. The third kappa shape index (κ3) is 2.82. The molecule has 0 bridgehead atoms. The van der Waals surface area contributed by atoms with Gasteiger partial charge in [0.1, 0.15) is 6.04 Å². The summed E-state index contributed by atoms with van der Waals surface area (Å²) in [5, 5.41) is 12.7. The Kier molecular flexibility index (Phi) is 3.61. The molecule has 1 amide bonds. The molecule has 5 nitrogen and oxygen atoms in total. The van der Waals surface area contributed by atoms with E-state index in [1.54, 1.807) is 17.5 Å². The first kappa shape index (κ1) is 10.7. The van der Waals surface area contributed by atoms with Crippen LogP contribution in [0.1, 0.15) is 9.67 Å². The molecule has 0 radical (unpaired) electrons. The summed E-state index contributed by atoms with van der Waals surface area (Å²) in [6.45, 7) is -0.0634. The van der Waals surface area contributed by atoms with E-state index < -0.39 is 12.0 Å². The third-order valence-electron chi connectivity index (χ3n) is 1.54. The Bertz CT molecular complexity index is 323. The van der Waals surface area contributed by atoms with E-state index in [4.69, 9.17) is 10.8 Å². The summed E-state index contributed by atoms with van der Waals surface area (Å²) in [5.74, 6) is -1.42. The van der Waals surface area contributed by atoms with Crippen LogP contribution >= 0.6 is 11.3 Å². The molecule has 1 rings (SSSR count). The standard InChI is InChI=1S/C8H10N2O3S/c9-5(8(12)13)4-10-7(11)6-2-1-3-14-6/h1-3,5H,4,9H2,(H,10,11)(H,12,13). The molecule has 0 fully saturated rings. The van der Waals surface area contributed by atoms with Crippen molar-refractivity contribution in [1.82, 2.24) is 5.32 Å². The highest BCUT2D eigenvalue weighted by atomic mass is 32.1. The second-order valence-electron chi connectivity index (χ2n) is 2.63. The van der Waals surface area contributed by atoms with Crippen molar-refractivity contribution in [3.8, 4) is 0 Å². The minimum Gasteiger partial charge on any atom is -0.480 e. The molecule has 0 saturated heterocycles.